The number of carbonyl (C=O) groups excluding carboxylic acids is 1. The molecule has 1 aromatic carbocycles. The number of amides is 1. The summed E-state index contributed by atoms with van der Waals surface area (Å²) in [6.07, 6.45) is 0.525. The first kappa shape index (κ1) is 12.8. The summed E-state index contributed by atoms with van der Waals surface area (Å²) in [6, 6.07) is 6.01. The van der Waals surface area contributed by atoms with Gasteiger partial charge in [-0.25, -0.2) is 9.18 Å². The fraction of sp³-hybridized carbons (Fsp3) is 0.462. The predicted octanol–water partition coefficient (Wildman–Crippen LogP) is 2.01. The van der Waals surface area contributed by atoms with Crippen molar-refractivity contribution in [2.75, 3.05) is 31.6 Å². The third kappa shape index (κ3) is 2.98. The molecule has 0 bridgehead atoms. The van der Waals surface area contributed by atoms with Crippen molar-refractivity contribution in [3.05, 3.63) is 30.1 Å². The van der Waals surface area contributed by atoms with Crippen molar-refractivity contribution in [1.29, 1.82) is 0 Å². The fourth-order valence-electron chi connectivity index (χ4n) is 2.03. The van der Waals surface area contributed by atoms with E-state index in [1.54, 1.807) is 12.1 Å². The minimum atomic E-state index is -0.402. The third-order valence-corrected chi connectivity index (χ3v) is 3.03. The van der Waals surface area contributed by atoms with Gasteiger partial charge in [-0.2, -0.15) is 0 Å². The van der Waals surface area contributed by atoms with Crippen LogP contribution in [0.15, 0.2) is 24.3 Å². The van der Waals surface area contributed by atoms with E-state index < -0.39 is 6.09 Å². The van der Waals surface area contributed by atoms with Gasteiger partial charge in [0, 0.05) is 18.2 Å². The number of nitrogens with zero attached hydrogens (tertiary/aromatic N) is 1. The molecule has 1 aliphatic rings. The van der Waals surface area contributed by atoms with Crippen molar-refractivity contribution in [2.45, 2.75) is 6.42 Å². The van der Waals surface area contributed by atoms with Crippen molar-refractivity contribution < 1.29 is 13.9 Å². The molecule has 5 heteroatoms. The molecule has 1 atom stereocenters. The highest BCUT2D eigenvalue weighted by molar-refractivity contribution is 5.88. The molecule has 4 nitrogen and oxygen atoms in total. The zero-order valence-corrected chi connectivity index (χ0v) is 10.4. The van der Waals surface area contributed by atoms with E-state index in [0.29, 0.717) is 18.8 Å². The second-order valence-electron chi connectivity index (χ2n) is 4.43. The monoisotopic (exact) mass is 252 g/mol. The molecule has 1 amide bonds. The zero-order valence-electron chi connectivity index (χ0n) is 10.4. The molecule has 1 fully saturated rings. The van der Waals surface area contributed by atoms with E-state index in [-0.39, 0.29) is 11.7 Å². The number of carbonyl (C=O) groups is 1. The molecular weight excluding hydrogens is 235 g/mol. The number of benzene rings is 1. The largest absolute Gasteiger partial charge is 0.449 e. The number of hydrogen-bond donors (Lipinski definition) is 1. The van der Waals surface area contributed by atoms with Crippen LogP contribution in [0.3, 0.4) is 0 Å². The van der Waals surface area contributed by atoms with Gasteiger partial charge in [0.2, 0.25) is 0 Å². The first-order chi connectivity index (χ1) is 8.70. The van der Waals surface area contributed by atoms with Gasteiger partial charge in [0.05, 0.1) is 6.61 Å². The Morgan fingerprint density at radius 3 is 3.11 bits per heavy atom. The smallest absolute Gasteiger partial charge is 0.414 e. The molecule has 1 unspecified atom stereocenters. The van der Waals surface area contributed by atoms with E-state index in [9.17, 15) is 9.18 Å². The maximum Gasteiger partial charge on any atom is 0.414 e. The second kappa shape index (κ2) is 5.82. The summed E-state index contributed by atoms with van der Waals surface area (Å²) in [4.78, 5) is 13.2. The van der Waals surface area contributed by atoms with Gasteiger partial charge >= 0.3 is 6.09 Å². The standard InChI is InChI=1S/C13H17FN2O2/c1-15-6-5-10-8-16(13(17)18-9-10)12-4-2-3-11(14)7-12/h2-4,7,10,15H,5-6,8-9H2,1H3. The highest BCUT2D eigenvalue weighted by atomic mass is 19.1. The molecule has 18 heavy (non-hydrogen) atoms. The number of hydrogen-bond acceptors (Lipinski definition) is 3. The highest BCUT2D eigenvalue weighted by Crippen LogP contribution is 2.22. The molecule has 1 saturated heterocycles. The second-order valence-corrected chi connectivity index (χ2v) is 4.43. The lowest BCUT2D eigenvalue weighted by atomic mass is 10.0. The SMILES string of the molecule is CNCCC1COC(=O)N(c2cccc(F)c2)C1. The van der Waals surface area contributed by atoms with Crippen LogP contribution in [-0.2, 0) is 4.74 Å². The molecular formula is C13H17FN2O2. The maximum atomic E-state index is 13.2. The minimum absolute atomic E-state index is 0.276. The average Bonchev–Trinajstić information content (AvgIpc) is 2.38. The van der Waals surface area contributed by atoms with Crippen molar-refractivity contribution in [3.8, 4) is 0 Å². The lowest BCUT2D eigenvalue weighted by Crippen LogP contribution is -2.43. The van der Waals surface area contributed by atoms with E-state index in [2.05, 4.69) is 5.32 Å². The van der Waals surface area contributed by atoms with Crippen molar-refractivity contribution >= 4 is 11.8 Å². The van der Waals surface area contributed by atoms with Crippen LogP contribution >= 0.6 is 0 Å². The number of halogens is 1. The van der Waals surface area contributed by atoms with Crippen LogP contribution in [0, 0.1) is 11.7 Å². The third-order valence-electron chi connectivity index (χ3n) is 3.03. The molecule has 1 heterocycles. The van der Waals surface area contributed by atoms with Gasteiger partial charge in [-0.15, -0.1) is 0 Å². The van der Waals surface area contributed by atoms with Crippen LogP contribution in [0.25, 0.3) is 0 Å². The van der Waals surface area contributed by atoms with Gasteiger partial charge in [0.1, 0.15) is 5.82 Å². The van der Waals surface area contributed by atoms with Crippen molar-refractivity contribution in [1.82, 2.24) is 5.32 Å². The van der Waals surface area contributed by atoms with Crippen molar-refractivity contribution in [2.24, 2.45) is 5.92 Å². The Hall–Kier alpha value is -1.62. The quantitative estimate of drug-likeness (QED) is 0.891. The minimum Gasteiger partial charge on any atom is -0.449 e. The summed E-state index contributed by atoms with van der Waals surface area (Å²) in [5.74, 6) is -0.0731. The molecule has 0 radical (unpaired) electrons. The Labute approximate surface area is 106 Å². The number of cyclic esters (lactones) is 1. The number of nitrogens with one attached hydrogen (secondary N) is 1. The van der Waals surface area contributed by atoms with Crippen LogP contribution in [0.4, 0.5) is 14.9 Å². The van der Waals surface area contributed by atoms with E-state index in [1.807, 2.05) is 7.05 Å². The van der Waals surface area contributed by atoms with Gasteiger partial charge in [-0.05, 0) is 38.2 Å². The summed E-state index contributed by atoms with van der Waals surface area (Å²) < 4.78 is 18.3. The van der Waals surface area contributed by atoms with Gasteiger partial charge in [-0.3, -0.25) is 4.90 Å². The summed E-state index contributed by atoms with van der Waals surface area (Å²) in [5, 5.41) is 3.07. The Morgan fingerprint density at radius 2 is 2.39 bits per heavy atom. The molecule has 0 aromatic heterocycles. The Bertz CT molecular complexity index is 425. The maximum absolute atomic E-state index is 13.2. The van der Waals surface area contributed by atoms with E-state index in [0.717, 1.165) is 13.0 Å². The first-order valence-corrected chi connectivity index (χ1v) is 6.05. The van der Waals surface area contributed by atoms with Gasteiger partial charge in [0.25, 0.3) is 0 Å². The Balaban J connectivity index is 2.08. The molecule has 0 saturated carbocycles. The summed E-state index contributed by atoms with van der Waals surface area (Å²) in [6.45, 7) is 1.88. The average molecular weight is 252 g/mol. The molecule has 0 spiro atoms. The predicted molar refractivity (Wildman–Crippen MR) is 67.1 cm³/mol. The number of ether oxygens (including phenoxy) is 1. The van der Waals surface area contributed by atoms with Crippen molar-refractivity contribution in [3.63, 3.8) is 0 Å². The van der Waals surface area contributed by atoms with Gasteiger partial charge in [-0.1, -0.05) is 6.07 Å². The van der Waals surface area contributed by atoms with Crippen LogP contribution in [0.1, 0.15) is 6.42 Å². The van der Waals surface area contributed by atoms with E-state index >= 15 is 0 Å². The van der Waals surface area contributed by atoms with Crippen LogP contribution < -0.4 is 10.2 Å². The Morgan fingerprint density at radius 1 is 1.56 bits per heavy atom. The molecule has 0 aliphatic carbocycles. The van der Waals surface area contributed by atoms with Gasteiger partial charge < -0.3 is 10.1 Å². The lowest BCUT2D eigenvalue weighted by Gasteiger charge is -2.32. The summed E-state index contributed by atoms with van der Waals surface area (Å²) >= 11 is 0. The van der Waals surface area contributed by atoms with Crippen LogP contribution in [-0.4, -0.2) is 32.8 Å². The van der Waals surface area contributed by atoms with E-state index in [1.165, 1.54) is 17.0 Å². The number of anilines is 1. The molecule has 2 rings (SSSR count). The van der Waals surface area contributed by atoms with Crippen LogP contribution in [0.5, 0.6) is 0 Å². The van der Waals surface area contributed by atoms with Gasteiger partial charge in [0.15, 0.2) is 0 Å². The topological polar surface area (TPSA) is 41.6 Å². The summed E-state index contributed by atoms with van der Waals surface area (Å²) in [5.41, 5.74) is 0.550. The van der Waals surface area contributed by atoms with E-state index in [4.69, 9.17) is 4.74 Å². The molecule has 1 N–H and O–H groups in total. The molecule has 1 aliphatic heterocycles. The molecule has 98 valence electrons. The Kier molecular flexibility index (Phi) is 4.15. The molecule has 1 aromatic rings. The number of rotatable bonds is 4. The zero-order chi connectivity index (χ0) is 13.0. The van der Waals surface area contributed by atoms with Crippen LogP contribution in [0.2, 0.25) is 0 Å². The first-order valence-electron chi connectivity index (χ1n) is 6.05. The highest BCUT2D eigenvalue weighted by Gasteiger charge is 2.28. The summed E-state index contributed by atoms with van der Waals surface area (Å²) in [7, 11) is 1.89. The normalized spacial score (nSPS) is 19.8. The lowest BCUT2D eigenvalue weighted by molar-refractivity contribution is 0.112. The fourth-order valence-corrected chi connectivity index (χ4v) is 2.03.